The molecule has 0 saturated heterocycles. The molecule has 3 aromatic rings. The molecule has 134 valence electrons. The number of carbonyl (C=O) groups excluding carboxylic acids is 1. The molecule has 0 aliphatic carbocycles. The number of hydrogen-bond donors (Lipinski definition) is 0. The van der Waals surface area contributed by atoms with E-state index < -0.39 is 12.1 Å². The Morgan fingerprint density at radius 2 is 1.88 bits per heavy atom. The highest BCUT2D eigenvalue weighted by atomic mass is 35.5. The molecule has 6 nitrogen and oxygen atoms in total. The molecule has 1 aromatic heterocycles. The van der Waals surface area contributed by atoms with Gasteiger partial charge in [0.05, 0.1) is 7.11 Å². The summed E-state index contributed by atoms with van der Waals surface area (Å²) in [5.74, 6) is 0.350. The first-order valence-corrected chi connectivity index (χ1v) is 8.30. The molecule has 2 aromatic carbocycles. The van der Waals surface area contributed by atoms with Crippen molar-refractivity contribution >= 4 is 17.6 Å². The van der Waals surface area contributed by atoms with Gasteiger partial charge in [-0.25, -0.2) is 4.79 Å². The molecule has 0 spiro atoms. The van der Waals surface area contributed by atoms with Crippen LogP contribution in [-0.2, 0) is 4.74 Å². The lowest BCUT2D eigenvalue weighted by Crippen LogP contribution is -2.11. The minimum Gasteiger partial charge on any atom is -0.496 e. The number of methoxy groups -OCH3 is 1. The first-order valence-electron chi connectivity index (χ1n) is 7.93. The molecule has 3 rings (SSSR count). The normalized spacial score (nSPS) is 11.8. The van der Waals surface area contributed by atoms with Crippen LogP contribution in [0.1, 0.15) is 34.8 Å². The maximum absolute atomic E-state index is 12.4. The Morgan fingerprint density at radius 1 is 1.15 bits per heavy atom. The third-order valence-electron chi connectivity index (χ3n) is 3.75. The number of rotatable bonds is 5. The first-order chi connectivity index (χ1) is 12.5. The van der Waals surface area contributed by atoms with Gasteiger partial charge in [0.25, 0.3) is 5.89 Å². The number of nitrogens with zero attached hydrogens (tertiary/aromatic N) is 2. The molecule has 0 bridgehead atoms. The summed E-state index contributed by atoms with van der Waals surface area (Å²) in [7, 11) is 1.47. The number of esters is 1. The fourth-order valence-electron chi connectivity index (χ4n) is 2.33. The van der Waals surface area contributed by atoms with Crippen molar-refractivity contribution in [2.24, 2.45) is 0 Å². The number of aryl methyl sites for hydroxylation is 1. The van der Waals surface area contributed by atoms with Gasteiger partial charge >= 0.3 is 5.97 Å². The lowest BCUT2D eigenvalue weighted by Gasteiger charge is -2.12. The smallest absolute Gasteiger partial charge is 0.342 e. The van der Waals surface area contributed by atoms with E-state index in [2.05, 4.69) is 10.2 Å². The highest BCUT2D eigenvalue weighted by molar-refractivity contribution is 6.31. The van der Waals surface area contributed by atoms with Crippen molar-refractivity contribution in [1.82, 2.24) is 10.2 Å². The van der Waals surface area contributed by atoms with Gasteiger partial charge in [-0.05, 0) is 44.2 Å². The zero-order valence-electron chi connectivity index (χ0n) is 14.5. The summed E-state index contributed by atoms with van der Waals surface area (Å²) in [4.78, 5) is 12.4. The minimum atomic E-state index is -0.724. The Kier molecular flexibility index (Phi) is 5.23. The van der Waals surface area contributed by atoms with E-state index in [1.165, 1.54) is 13.2 Å². The fourth-order valence-corrected chi connectivity index (χ4v) is 2.50. The number of carbonyl (C=O) groups is 1. The lowest BCUT2D eigenvalue weighted by atomic mass is 10.1. The number of benzene rings is 2. The summed E-state index contributed by atoms with van der Waals surface area (Å²) < 4.78 is 16.2. The molecule has 0 N–H and O–H groups in total. The van der Waals surface area contributed by atoms with Crippen LogP contribution in [-0.4, -0.2) is 23.3 Å². The van der Waals surface area contributed by atoms with Crippen LogP contribution < -0.4 is 4.74 Å². The quantitative estimate of drug-likeness (QED) is 0.608. The minimum absolute atomic E-state index is 0.204. The van der Waals surface area contributed by atoms with E-state index in [-0.39, 0.29) is 11.5 Å². The molecule has 0 radical (unpaired) electrons. The predicted molar refractivity (Wildman–Crippen MR) is 96.3 cm³/mol. The monoisotopic (exact) mass is 372 g/mol. The Morgan fingerprint density at radius 3 is 2.58 bits per heavy atom. The van der Waals surface area contributed by atoms with Crippen LogP contribution in [0.5, 0.6) is 5.75 Å². The Hall–Kier alpha value is -2.86. The van der Waals surface area contributed by atoms with Crippen molar-refractivity contribution < 1.29 is 18.7 Å². The summed E-state index contributed by atoms with van der Waals surface area (Å²) in [6, 6.07) is 12.4. The molecule has 0 fully saturated rings. The highest BCUT2D eigenvalue weighted by Gasteiger charge is 2.22. The number of aromatic nitrogens is 2. The van der Waals surface area contributed by atoms with Crippen molar-refractivity contribution in [1.29, 1.82) is 0 Å². The van der Waals surface area contributed by atoms with Gasteiger partial charge in [-0.1, -0.05) is 29.3 Å². The van der Waals surface area contributed by atoms with Crippen LogP contribution in [0.2, 0.25) is 5.02 Å². The van der Waals surface area contributed by atoms with Crippen LogP contribution in [0, 0.1) is 6.92 Å². The van der Waals surface area contributed by atoms with E-state index in [0.29, 0.717) is 16.7 Å². The lowest BCUT2D eigenvalue weighted by molar-refractivity contribution is 0.0276. The summed E-state index contributed by atoms with van der Waals surface area (Å²) in [6.45, 7) is 3.65. The molecule has 7 heteroatoms. The molecule has 0 amide bonds. The summed E-state index contributed by atoms with van der Waals surface area (Å²) in [5, 5.41) is 8.39. The largest absolute Gasteiger partial charge is 0.496 e. The van der Waals surface area contributed by atoms with Crippen LogP contribution in [0.4, 0.5) is 0 Å². The zero-order valence-corrected chi connectivity index (χ0v) is 15.3. The second-order valence-corrected chi connectivity index (χ2v) is 6.14. The summed E-state index contributed by atoms with van der Waals surface area (Å²) in [5.41, 5.74) is 2.15. The molecule has 0 aliphatic rings. The molecule has 0 unspecified atom stereocenters. The third kappa shape index (κ3) is 3.86. The highest BCUT2D eigenvalue weighted by Crippen LogP contribution is 2.27. The molecule has 1 heterocycles. The van der Waals surface area contributed by atoms with E-state index in [0.717, 1.165) is 11.1 Å². The van der Waals surface area contributed by atoms with Gasteiger partial charge in [0.2, 0.25) is 5.89 Å². The Bertz CT molecular complexity index is 922. The molecule has 1 atom stereocenters. The van der Waals surface area contributed by atoms with E-state index in [9.17, 15) is 4.79 Å². The van der Waals surface area contributed by atoms with E-state index in [4.69, 9.17) is 25.5 Å². The maximum atomic E-state index is 12.4. The van der Waals surface area contributed by atoms with E-state index >= 15 is 0 Å². The van der Waals surface area contributed by atoms with Crippen molar-refractivity contribution in [3.8, 4) is 17.2 Å². The van der Waals surface area contributed by atoms with Gasteiger partial charge in [-0.2, -0.15) is 0 Å². The number of halogens is 1. The SMILES string of the molecule is COc1ccc(Cl)cc1C(=O)O[C@H](C)c1nnc(-c2ccc(C)cc2)o1. The van der Waals surface area contributed by atoms with Crippen molar-refractivity contribution in [3.05, 3.63) is 64.5 Å². The van der Waals surface area contributed by atoms with Crippen LogP contribution in [0.3, 0.4) is 0 Å². The topological polar surface area (TPSA) is 74.5 Å². The van der Waals surface area contributed by atoms with Gasteiger partial charge in [-0.15, -0.1) is 10.2 Å². The van der Waals surface area contributed by atoms with E-state index in [1.807, 2.05) is 31.2 Å². The van der Waals surface area contributed by atoms with Gasteiger partial charge in [0.15, 0.2) is 6.10 Å². The maximum Gasteiger partial charge on any atom is 0.342 e. The fraction of sp³-hybridized carbons (Fsp3) is 0.211. The number of hydrogen-bond acceptors (Lipinski definition) is 6. The molecular weight excluding hydrogens is 356 g/mol. The Labute approximate surface area is 155 Å². The van der Waals surface area contributed by atoms with Gasteiger partial charge < -0.3 is 13.9 Å². The van der Waals surface area contributed by atoms with Crippen molar-refractivity contribution in [3.63, 3.8) is 0 Å². The molecule has 0 aliphatic heterocycles. The van der Waals surface area contributed by atoms with Crippen molar-refractivity contribution in [2.75, 3.05) is 7.11 Å². The average Bonchev–Trinajstić information content (AvgIpc) is 3.12. The molecule has 0 saturated carbocycles. The zero-order chi connectivity index (χ0) is 18.7. The van der Waals surface area contributed by atoms with Crippen LogP contribution >= 0.6 is 11.6 Å². The van der Waals surface area contributed by atoms with Crippen LogP contribution in [0.25, 0.3) is 11.5 Å². The summed E-state index contributed by atoms with van der Waals surface area (Å²) in [6.07, 6.45) is -0.724. The van der Waals surface area contributed by atoms with Gasteiger partial charge in [0.1, 0.15) is 11.3 Å². The second kappa shape index (κ2) is 7.58. The first kappa shape index (κ1) is 17.9. The number of ether oxygens (including phenoxy) is 2. The molecule has 26 heavy (non-hydrogen) atoms. The average molecular weight is 373 g/mol. The summed E-state index contributed by atoms with van der Waals surface area (Å²) >= 11 is 5.95. The van der Waals surface area contributed by atoms with Crippen LogP contribution in [0.15, 0.2) is 46.9 Å². The third-order valence-corrected chi connectivity index (χ3v) is 3.99. The standard InChI is InChI=1S/C19H17ClN2O4/c1-11-4-6-13(7-5-11)18-22-21-17(26-18)12(2)25-19(23)15-10-14(20)8-9-16(15)24-3/h4-10,12H,1-3H3/t12-/m1/s1. The predicted octanol–water partition coefficient (Wildman–Crippen LogP) is 4.63. The Balaban J connectivity index is 1.76. The molecular formula is C19H17ClN2O4. The van der Waals surface area contributed by atoms with Gasteiger partial charge in [-0.3, -0.25) is 0 Å². The second-order valence-electron chi connectivity index (χ2n) is 5.70. The van der Waals surface area contributed by atoms with Gasteiger partial charge in [0, 0.05) is 10.6 Å². The van der Waals surface area contributed by atoms with E-state index in [1.54, 1.807) is 19.1 Å². The van der Waals surface area contributed by atoms with Crippen molar-refractivity contribution in [2.45, 2.75) is 20.0 Å².